The smallest absolute Gasteiger partial charge is 0.264 e. The zero-order chi connectivity index (χ0) is 22.3. The summed E-state index contributed by atoms with van der Waals surface area (Å²) in [5.74, 6) is -0.166. The third kappa shape index (κ3) is 5.30. The van der Waals surface area contributed by atoms with Gasteiger partial charge in [0.25, 0.3) is 5.91 Å². The largest absolute Gasteiger partial charge is 0.335 e. The summed E-state index contributed by atoms with van der Waals surface area (Å²) in [6.45, 7) is 3.42. The van der Waals surface area contributed by atoms with E-state index in [9.17, 15) is 14.4 Å². The fourth-order valence-corrected chi connectivity index (χ4v) is 4.43. The first-order valence-electron chi connectivity index (χ1n) is 10.7. The molecule has 2 aromatic carbocycles. The number of amides is 2. The summed E-state index contributed by atoms with van der Waals surface area (Å²) in [6, 6.07) is 19.9. The van der Waals surface area contributed by atoms with Gasteiger partial charge >= 0.3 is 0 Å². The van der Waals surface area contributed by atoms with Gasteiger partial charge in [-0.05, 0) is 23.6 Å². The molecular weight excluding hydrogens is 422 g/mol. The number of ketones is 1. The average molecular weight is 448 g/mol. The molecule has 1 fully saturated rings. The molecule has 0 atom stereocenters. The second-order valence-electron chi connectivity index (χ2n) is 7.65. The number of hydrogen-bond donors (Lipinski definition) is 1. The molecular formula is C25H25N3O3S. The Balaban J connectivity index is 1.28. The zero-order valence-electron chi connectivity index (χ0n) is 17.7. The van der Waals surface area contributed by atoms with Gasteiger partial charge in [-0.2, -0.15) is 0 Å². The Morgan fingerprint density at radius 3 is 2.28 bits per heavy atom. The molecule has 1 aliphatic rings. The fourth-order valence-electron chi connectivity index (χ4n) is 3.74. The van der Waals surface area contributed by atoms with Crippen molar-refractivity contribution in [3.05, 3.63) is 88.1 Å². The van der Waals surface area contributed by atoms with Crippen LogP contribution >= 0.6 is 11.3 Å². The summed E-state index contributed by atoms with van der Waals surface area (Å²) in [5.41, 5.74) is 1.59. The molecule has 0 radical (unpaired) electrons. The highest BCUT2D eigenvalue weighted by Crippen LogP contribution is 2.20. The predicted molar refractivity (Wildman–Crippen MR) is 126 cm³/mol. The minimum absolute atomic E-state index is 0.0806. The molecule has 6 nitrogen and oxygen atoms in total. The first-order valence-corrected chi connectivity index (χ1v) is 11.5. The minimum Gasteiger partial charge on any atom is -0.335 e. The Bertz CT molecular complexity index is 1070. The second kappa shape index (κ2) is 10.3. The lowest BCUT2D eigenvalue weighted by Gasteiger charge is -2.34. The maximum Gasteiger partial charge on any atom is 0.264 e. The Morgan fingerprint density at radius 2 is 1.56 bits per heavy atom. The first-order chi connectivity index (χ1) is 15.6. The number of nitrogens with zero attached hydrogens (tertiary/aromatic N) is 2. The molecule has 1 aliphatic heterocycles. The van der Waals surface area contributed by atoms with Crippen molar-refractivity contribution in [2.45, 2.75) is 6.42 Å². The molecule has 2 heterocycles. The monoisotopic (exact) mass is 447 g/mol. The van der Waals surface area contributed by atoms with Crippen molar-refractivity contribution in [2.24, 2.45) is 0 Å². The van der Waals surface area contributed by atoms with E-state index < -0.39 is 0 Å². The summed E-state index contributed by atoms with van der Waals surface area (Å²) < 4.78 is 0. The standard InChI is InChI=1S/C25H25N3O3S/c29-23(12-13-27-14-16-28(17-15-27)25(31)22-11-6-18-32-22)26-21-10-5-4-9-20(21)24(30)19-7-2-1-3-8-19/h1-11,18H,12-17H2,(H,26,29). The third-order valence-corrected chi connectivity index (χ3v) is 6.39. The van der Waals surface area contributed by atoms with E-state index in [-0.39, 0.29) is 17.6 Å². The van der Waals surface area contributed by atoms with E-state index in [4.69, 9.17) is 0 Å². The number of piperazine rings is 1. The van der Waals surface area contributed by atoms with E-state index in [2.05, 4.69) is 10.2 Å². The van der Waals surface area contributed by atoms with Gasteiger partial charge in [0, 0.05) is 50.3 Å². The number of carbonyl (C=O) groups excluding carboxylic acids is 3. The van der Waals surface area contributed by atoms with Crippen LogP contribution in [0.1, 0.15) is 32.0 Å². The van der Waals surface area contributed by atoms with Crippen LogP contribution in [0.25, 0.3) is 0 Å². The number of benzene rings is 2. The summed E-state index contributed by atoms with van der Waals surface area (Å²) in [5, 5.41) is 4.81. The molecule has 2 amide bonds. The van der Waals surface area contributed by atoms with Crippen molar-refractivity contribution >= 4 is 34.6 Å². The number of anilines is 1. The van der Waals surface area contributed by atoms with Gasteiger partial charge in [-0.25, -0.2) is 0 Å². The van der Waals surface area contributed by atoms with E-state index in [0.717, 1.165) is 18.0 Å². The number of nitrogens with one attached hydrogen (secondary N) is 1. The topological polar surface area (TPSA) is 69.7 Å². The lowest BCUT2D eigenvalue weighted by molar-refractivity contribution is -0.116. The fraction of sp³-hybridized carbons (Fsp3) is 0.240. The number of carbonyl (C=O) groups is 3. The summed E-state index contributed by atoms with van der Waals surface area (Å²) >= 11 is 1.46. The molecule has 0 bridgehead atoms. The van der Waals surface area contributed by atoms with Gasteiger partial charge < -0.3 is 10.2 Å². The van der Waals surface area contributed by atoms with E-state index in [1.165, 1.54) is 11.3 Å². The van der Waals surface area contributed by atoms with Gasteiger partial charge in [0.05, 0.1) is 10.6 Å². The number of hydrogen-bond acceptors (Lipinski definition) is 5. The van der Waals surface area contributed by atoms with Gasteiger partial charge in [0.1, 0.15) is 0 Å². The van der Waals surface area contributed by atoms with E-state index in [1.807, 2.05) is 40.6 Å². The molecule has 1 N–H and O–H groups in total. The summed E-state index contributed by atoms with van der Waals surface area (Å²) in [4.78, 5) is 42.7. The molecule has 32 heavy (non-hydrogen) atoms. The molecule has 3 aromatic rings. The Kier molecular flexibility index (Phi) is 7.09. The Hall–Kier alpha value is -3.29. The van der Waals surface area contributed by atoms with Gasteiger partial charge in [0.2, 0.25) is 5.91 Å². The number of rotatable bonds is 7. The summed E-state index contributed by atoms with van der Waals surface area (Å²) in [7, 11) is 0. The van der Waals surface area contributed by atoms with Crippen molar-refractivity contribution < 1.29 is 14.4 Å². The average Bonchev–Trinajstić information content (AvgIpc) is 3.38. The van der Waals surface area contributed by atoms with Crippen molar-refractivity contribution in [2.75, 3.05) is 38.0 Å². The second-order valence-corrected chi connectivity index (χ2v) is 8.60. The number of para-hydroxylation sites is 1. The predicted octanol–water partition coefficient (Wildman–Crippen LogP) is 3.77. The van der Waals surface area contributed by atoms with Gasteiger partial charge in [0.15, 0.2) is 5.78 Å². The molecule has 4 rings (SSSR count). The molecule has 0 spiro atoms. The van der Waals surface area contributed by atoms with Crippen LogP contribution in [0.3, 0.4) is 0 Å². The summed E-state index contributed by atoms with van der Waals surface area (Å²) in [6.07, 6.45) is 0.326. The van der Waals surface area contributed by atoms with Crippen LogP contribution in [0.15, 0.2) is 72.1 Å². The van der Waals surface area contributed by atoms with Gasteiger partial charge in [-0.3, -0.25) is 19.3 Å². The van der Waals surface area contributed by atoms with Crippen LogP contribution in [0.5, 0.6) is 0 Å². The highest BCUT2D eigenvalue weighted by molar-refractivity contribution is 7.12. The minimum atomic E-state index is -0.129. The first kappa shape index (κ1) is 21.9. The lowest BCUT2D eigenvalue weighted by atomic mass is 10.0. The van der Waals surface area contributed by atoms with Crippen LogP contribution in [0.4, 0.5) is 5.69 Å². The van der Waals surface area contributed by atoms with Gasteiger partial charge in [-0.15, -0.1) is 11.3 Å². The molecule has 1 aromatic heterocycles. The van der Waals surface area contributed by atoms with Crippen LogP contribution in [0, 0.1) is 0 Å². The Labute approximate surface area is 191 Å². The van der Waals surface area contributed by atoms with E-state index in [0.29, 0.717) is 42.9 Å². The zero-order valence-corrected chi connectivity index (χ0v) is 18.5. The highest BCUT2D eigenvalue weighted by atomic mass is 32.1. The highest BCUT2D eigenvalue weighted by Gasteiger charge is 2.23. The third-order valence-electron chi connectivity index (χ3n) is 5.53. The maximum absolute atomic E-state index is 12.8. The maximum atomic E-state index is 12.8. The lowest BCUT2D eigenvalue weighted by Crippen LogP contribution is -2.49. The normalized spacial score (nSPS) is 14.2. The van der Waals surface area contributed by atoms with Gasteiger partial charge in [-0.1, -0.05) is 48.5 Å². The van der Waals surface area contributed by atoms with Crippen LogP contribution in [0.2, 0.25) is 0 Å². The molecule has 0 saturated carbocycles. The van der Waals surface area contributed by atoms with Crippen LogP contribution < -0.4 is 5.32 Å². The Morgan fingerprint density at radius 1 is 0.844 bits per heavy atom. The molecule has 1 saturated heterocycles. The van der Waals surface area contributed by atoms with Crippen LogP contribution in [-0.4, -0.2) is 60.1 Å². The van der Waals surface area contributed by atoms with Crippen molar-refractivity contribution in [1.29, 1.82) is 0 Å². The van der Waals surface area contributed by atoms with Crippen molar-refractivity contribution in [3.63, 3.8) is 0 Å². The molecule has 0 unspecified atom stereocenters. The molecule has 7 heteroatoms. The van der Waals surface area contributed by atoms with E-state index >= 15 is 0 Å². The van der Waals surface area contributed by atoms with Crippen molar-refractivity contribution in [1.82, 2.24) is 9.80 Å². The molecule has 0 aliphatic carbocycles. The number of thiophene rings is 1. The SMILES string of the molecule is O=C(CCN1CCN(C(=O)c2cccs2)CC1)Nc1ccccc1C(=O)c1ccccc1. The van der Waals surface area contributed by atoms with E-state index in [1.54, 1.807) is 36.4 Å². The van der Waals surface area contributed by atoms with Crippen molar-refractivity contribution in [3.8, 4) is 0 Å². The molecule has 164 valence electrons. The van der Waals surface area contributed by atoms with Crippen LogP contribution in [-0.2, 0) is 4.79 Å². The quantitative estimate of drug-likeness (QED) is 0.560.